The Hall–Kier alpha value is -4.74. The minimum absolute atomic E-state index is 0.119. The van der Waals surface area contributed by atoms with Crippen molar-refractivity contribution in [2.45, 2.75) is 30.1 Å². The fraction of sp³-hybridized carbons (Fsp3) is 0.152. The first-order chi connectivity index (χ1) is 21.0. The molecule has 0 atom stereocenters. The molecule has 2 N–H and O–H groups in total. The lowest BCUT2D eigenvalue weighted by Crippen LogP contribution is -2.14. The molecule has 9 nitrogen and oxygen atoms in total. The van der Waals surface area contributed by atoms with Crippen molar-refractivity contribution in [3.05, 3.63) is 120 Å². The molecule has 0 aliphatic heterocycles. The molecule has 0 aliphatic carbocycles. The molecular weight excluding hydrogens is 601 g/mol. The molecule has 0 saturated carbocycles. The second kappa shape index (κ2) is 12.5. The Morgan fingerprint density at radius 1 is 0.636 bits per heavy atom. The summed E-state index contributed by atoms with van der Waals surface area (Å²) in [6.45, 7) is 3.77. The lowest BCUT2D eigenvalue weighted by atomic mass is 10.1. The van der Waals surface area contributed by atoms with Gasteiger partial charge in [-0.2, -0.15) is 0 Å². The number of para-hydroxylation sites is 1. The highest BCUT2D eigenvalue weighted by atomic mass is 32.2. The van der Waals surface area contributed by atoms with Crippen molar-refractivity contribution in [3.8, 4) is 22.8 Å². The zero-order valence-corrected chi connectivity index (χ0v) is 26.3. The minimum Gasteiger partial charge on any atom is -0.493 e. The number of methoxy groups -OCH3 is 2. The monoisotopic (exact) mass is 632 g/mol. The Balaban J connectivity index is 1.46. The number of nitrogens with one attached hydrogen (secondary N) is 2. The molecule has 1 aromatic heterocycles. The highest BCUT2D eigenvalue weighted by Gasteiger charge is 2.21. The SMILES string of the molecule is COc1cc(Cc2ccc(-c3ccccc3NS(=O)(=O)c3ccc(C)cc3)o2)c(NS(=O)(=O)c2ccc(C)cc2)cc1OC. The van der Waals surface area contributed by atoms with Crippen LogP contribution in [0.25, 0.3) is 11.3 Å². The van der Waals surface area contributed by atoms with Crippen LogP contribution in [0.15, 0.2) is 111 Å². The summed E-state index contributed by atoms with van der Waals surface area (Å²) in [5.41, 5.74) is 3.66. The van der Waals surface area contributed by atoms with Crippen molar-refractivity contribution in [1.82, 2.24) is 0 Å². The van der Waals surface area contributed by atoms with E-state index < -0.39 is 20.0 Å². The molecule has 0 bridgehead atoms. The van der Waals surface area contributed by atoms with E-state index in [9.17, 15) is 16.8 Å². The number of rotatable bonds is 11. The third-order valence-electron chi connectivity index (χ3n) is 6.98. The van der Waals surface area contributed by atoms with E-state index in [-0.39, 0.29) is 16.2 Å². The maximum atomic E-state index is 13.3. The van der Waals surface area contributed by atoms with E-state index in [4.69, 9.17) is 13.9 Å². The molecule has 0 unspecified atom stereocenters. The molecule has 228 valence electrons. The van der Waals surface area contributed by atoms with Crippen molar-refractivity contribution < 1.29 is 30.7 Å². The summed E-state index contributed by atoms with van der Waals surface area (Å²) in [5, 5.41) is 0. The molecule has 0 aliphatic rings. The molecule has 0 fully saturated rings. The number of furan rings is 1. The van der Waals surface area contributed by atoms with Gasteiger partial charge in [-0.25, -0.2) is 16.8 Å². The van der Waals surface area contributed by atoms with E-state index >= 15 is 0 Å². The van der Waals surface area contributed by atoms with E-state index in [0.717, 1.165) is 11.1 Å². The first kappa shape index (κ1) is 30.7. The van der Waals surface area contributed by atoms with Gasteiger partial charge in [-0.15, -0.1) is 0 Å². The third-order valence-corrected chi connectivity index (χ3v) is 9.74. The molecule has 11 heteroatoms. The third kappa shape index (κ3) is 6.74. The van der Waals surface area contributed by atoms with Gasteiger partial charge < -0.3 is 13.9 Å². The van der Waals surface area contributed by atoms with Crippen LogP contribution in [0, 0.1) is 13.8 Å². The normalized spacial score (nSPS) is 11.6. The first-order valence-electron chi connectivity index (χ1n) is 13.6. The molecule has 5 rings (SSSR count). The number of sulfonamides is 2. The Morgan fingerprint density at radius 2 is 1.16 bits per heavy atom. The Kier molecular flexibility index (Phi) is 8.70. The largest absolute Gasteiger partial charge is 0.493 e. The Morgan fingerprint density at radius 3 is 1.73 bits per heavy atom. The quantitative estimate of drug-likeness (QED) is 0.165. The topological polar surface area (TPSA) is 124 Å². The van der Waals surface area contributed by atoms with Gasteiger partial charge in [0.1, 0.15) is 11.5 Å². The summed E-state index contributed by atoms with van der Waals surface area (Å²) in [4.78, 5) is 0.265. The molecular formula is C33H32N2O7S2. The molecule has 5 aromatic rings. The lowest BCUT2D eigenvalue weighted by molar-refractivity contribution is 0.354. The molecule has 0 radical (unpaired) electrons. The predicted molar refractivity (Wildman–Crippen MR) is 170 cm³/mol. The summed E-state index contributed by atoms with van der Waals surface area (Å²) in [7, 11) is -4.80. The number of hydrogen-bond acceptors (Lipinski definition) is 7. The van der Waals surface area contributed by atoms with Crippen LogP contribution < -0.4 is 18.9 Å². The van der Waals surface area contributed by atoms with E-state index in [1.54, 1.807) is 97.1 Å². The van der Waals surface area contributed by atoms with E-state index in [0.29, 0.717) is 45.5 Å². The van der Waals surface area contributed by atoms with Gasteiger partial charge in [0.2, 0.25) is 0 Å². The smallest absolute Gasteiger partial charge is 0.261 e. The van der Waals surface area contributed by atoms with Gasteiger partial charge in [-0.05, 0) is 74.0 Å². The van der Waals surface area contributed by atoms with Gasteiger partial charge >= 0.3 is 0 Å². The van der Waals surface area contributed by atoms with Gasteiger partial charge in [-0.1, -0.05) is 47.5 Å². The van der Waals surface area contributed by atoms with Gasteiger partial charge in [0.15, 0.2) is 11.5 Å². The molecule has 0 saturated heterocycles. The lowest BCUT2D eigenvalue weighted by Gasteiger charge is -2.16. The van der Waals surface area contributed by atoms with Crippen LogP contribution in [0.5, 0.6) is 11.5 Å². The maximum absolute atomic E-state index is 13.3. The molecule has 0 amide bonds. The average Bonchev–Trinajstić information content (AvgIpc) is 3.46. The number of benzene rings is 4. The molecule has 44 heavy (non-hydrogen) atoms. The summed E-state index contributed by atoms with van der Waals surface area (Å²) >= 11 is 0. The van der Waals surface area contributed by atoms with E-state index in [1.807, 2.05) is 13.8 Å². The zero-order valence-electron chi connectivity index (χ0n) is 24.6. The van der Waals surface area contributed by atoms with Crippen LogP contribution in [-0.2, 0) is 26.5 Å². The highest BCUT2D eigenvalue weighted by molar-refractivity contribution is 7.93. The fourth-order valence-electron chi connectivity index (χ4n) is 4.60. The molecule has 0 spiro atoms. The van der Waals surface area contributed by atoms with Crippen molar-refractivity contribution >= 4 is 31.4 Å². The number of ether oxygens (including phenoxy) is 2. The predicted octanol–water partition coefficient (Wildman–Crippen LogP) is 6.77. The van der Waals surface area contributed by atoms with Crippen LogP contribution in [0.2, 0.25) is 0 Å². The molecule has 4 aromatic carbocycles. The van der Waals surface area contributed by atoms with Crippen LogP contribution in [0.1, 0.15) is 22.5 Å². The van der Waals surface area contributed by atoms with Crippen LogP contribution >= 0.6 is 0 Å². The van der Waals surface area contributed by atoms with Crippen molar-refractivity contribution in [3.63, 3.8) is 0 Å². The second-order valence-corrected chi connectivity index (χ2v) is 13.6. The van der Waals surface area contributed by atoms with Gasteiger partial charge in [0, 0.05) is 18.1 Å². The highest BCUT2D eigenvalue weighted by Crippen LogP contribution is 2.37. The molecule has 1 heterocycles. The van der Waals surface area contributed by atoms with Gasteiger partial charge in [-0.3, -0.25) is 9.44 Å². The van der Waals surface area contributed by atoms with Crippen LogP contribution in [0.3, 0.4) is 0 Å². The Labute approximate surface area is 257 Å². The summed E-state index contributed by atoms with van der Waals surface area (Å²) in [6, 6.07) is 26.8. The zero-order chi connectivity index (χ0) is 31.5. The fourth-order valence-corrected chi connectivity index (χ4v) is 6.77. The number of aryl methyl sites for hydroxylation is 2. The Bertz CT molecular complexity index is 2000. The van der Waals surface area contributed by atoms with Crippen molar-refractivity contribution in [2.75, 3.05) is 23.7 Å². The first-order valence-corrected chi connectivity index (χ1v) is 16.6. The summed E-state index contributed by atoms with van der Waals surface area (Å²) in [5.74, 6) is 1.72. The van der Waals surface area contributed by atoms with Gasteiger partial charge in [0.05, 0.1) is 35.4 Å². The summed E-state index contributed by atoms with van der Waals surface area (Å²) in [6.07, 6.45) is 0.198. The standard InChI is InChI=1S/C33H32N2O7S2/c1-22-9-14-26(15-10-22)43(36,37)34-29-8-6-5-7-28(29)31-18-13-25(42-31)19-24-20-32(40-3)33(41-4)21-30(24)35-44(38,39)27-16-11-23(2)12-17-27/h5-18,20-21,34-35H,19H2,1-4H3. The summed E-state index contributed by atoms with van der Waals surface area (Å²) < 4.78 is 75.2. The van der Waals surface area contributed by atoms with E-state index in [2.05, 4.69) is 9.44 Å². The van der Waals surface area contributed by atoms with E-state index in [1.165, 1.54) is 14.2 Å². The number of hydrogen-bond donors (Lipinski definition) is 2. The number of anilines is 2. The van der Waals surface area contributed by atoms with Crippen molar-refractivity contribution in [1.29, 1.82) is 0 Å². The van der Waals surface area contributed by atoms with Crippen LogP contribution in [-0.4, -0.2) is 31.1 Å². The van der Waals surface area contributed by atoms with Crippen LogP contribution in [0.4, 0.5) is 11.4 Å². The maximum Gasteiger partial charge on any atom is 0.261 e. The minimum atomic E-state index is -3.92. The second-order valence-electron chi connectivity index (χ2n) is 10.2. The van der Waals surface area contributed by atoms with Crippen molar-refractivity contribution in [2.24, 2.45) is 0 Å². The van der Waals surface area contributed by atoms with Gasteiger partial charge in [0.25, 0.3) is 20.0 Å². The average molecular weight is 633 g/mol.